The number of hydrogen-bond donors (Lipinski definition) is 1. The van der Waals surface area contributed by atoms with Crippen LogP contribution >= 0.6 is 0 Å². The molecule has 3 aromatic rings. The van der Waals surface area contributed by atoms with E-state index >= 15 is 0 Å². The van der Waals surface area contributed by atoms with E-state index in [-0.39, 0.29) is 18.1 Å². The van der Waals surface area contributed by atoms with Gasteiger partial charge in [0.1, 0.15) is 23.4 Å². The SMILES string of the molecule is Cc1cc(CC(=O)NC(c2cccc(F)c2)c2nccn2C)no1. The number of halogens is 1. The van der Waals surface area contributed by atoms with E-state index in [1.807, 2.05) is 7.05 Å². The molecule has 0 fully saturated rings. The number of hydrogen-bond acceptors (Lipinski definition) is 4. The van der Waals surface area contributed by atoms with E-state index in [0.717, 1.165) is 0 Å². The number of benzene rings is 1. The van der Waals surface area contributed by atoms with Gasteiger partial charge in [0.25, 0.3) is 0 Å². The summed E-state index contributed by atoms with van der Waals surface area (Å²) in [7, 11) is 1.82. The average molecular weight is 328 g/mol. The van der Waals surface area contributed by atoms with Crippen molar-refractivity contribution in [2.45, 2.75) is 19.4 Å². The number of carbonyl (C=O) groups excluding carboxylic acids is 1. The summed E-state index contributed by atoms with van der Waals surface area (Å²) in [5.74, 6) is 0.641. The zero-order chi connectivity index (χ0) is 17.1. The van der Waals surface area contributed by atoms with E-state index in [2.05, 4.69) is 15.5 Å². The highest BCUT2D eigenvalue weighted by molar-refractivity contribution is 5.79. The summed E-state index contributed by atoms with van der Waals surface area (Å²) in [6, 6.07) is 7.26. The first-order valence-corrected chi connectivity index (χ1v) is 7.47. The van der Waals surface area contributed by atoms with Crippen molar-refractivity contribution < 1.29 is 13.7 Å². The van der Waals surface area contributed by atoms with Gasteiger partial charge >= 0.3 is 0 Å². The number of amides is 1. The predicted molar refractivity (Wildman–Crippen MR) is 84.5 cm³/mol. The Balaban J connectivity index is 1.85. The molecule has 1 N–H and O–H groups in total. The Morgan fingerprint density at radius 2 is 2.25 bits per heavy atom. The van der Waals surface area contributed by atoms with Gasteiger partial charge in [0.05, 0.1) is 12.1 Å². The third-order valence-electron chi connectivity index (χ3n) is 3.62. The number of aromatic nitrogens is 3. The van der Waals surface area contributed by atoms with Crippen LogP contribution in [0.4, 0.5) is 4.39 Å². The maximum atomic E-state index is 13.6. The van der Waals surface area contributed by atoms with Crippen molar-refractivity contribution in [1.82, 2.24) is 20.0 Å². The molecule has 124 valence electrons. The van der Waals surface area contributed by atoms with E-state index in [1.54, 1.807) is 42.1 Å². The fourth-order valence-corrected chi connectivity index (χ4v) is 2.52. The van der Waals surface area contributed by atoms with Gasteiger partial charge in [0.2, 0.25) is 5.91 Å². The summed E-state index contributed by atoms with van der Waals surface area (Å²) in [6.45, 7) is 1.76. The molecule has 0 saturated carbocycles. The third-order valence-corrected chi connectivity index (χ3v) is 3.62. The first-order chi connectivity index (χ1) is 11.5. The van der Waals surface area contributed by atoms with E-state index in [1.165, 1.54) is 12.1 Å². The highest BCUT2D eigenvalue weighted by Crippen LogP contribution is 2.21. The van der Waals surface area contributed by atoms with Crippen molar-refractivity contribution in [3.63, 3.8) is 0 Å². The molecule has 1 aromatic carbocycles. The molecule has 0 aliphatic rings. The molecule has 2 aromatic heterocycles. The van der Waals surface area contributed by atoms with Crippen LogP contribution < -0.4 is 5.32 Å². The lowest BCUT2D eigenvalue weighted by molar-refractivity contribution is -0.121. The molecule has 0 aliphatic carbocycles. The van der Waals surface area contributed by atoms with Gasteiger partial charge < -0.3 is 14.4 Å². The van der Waals surface area contributed by atoms with Gasteiger partial charge in [-0.25, -0.2) is 9.37 Å². The van der Waals surface area contributed by atoms with Crippen LogP contribution in [0.1, 0.15) is 28.9 Å². The van der Waals surface area contributed by atoms with Gasteiger partial charge in [-0.3, -0.25) is 4.79 Å². The molecule has 6 nitrogen and oxygen atoms in total. The Bertz CT molecular complexity index is 856. The van der Waals surface area contributed by atoms with E-state index in [0.29, 0.717) is 22.8 Å². The molecular weight excluding hydrogens is 311 g/mol. The molecular formula is C17H17FN4O2. The zero-order valence-corrected chi connectivity index (χ0v) is 13.4. The van der Waals surface area contributed by atoms with Crippen molar-refractivity contribution >= 4 is 5.91 Å². The fourth-order valence-electron chi connectivity index (χ4n) is 2.52. The minimum absolute atomic E-state index is 0.0770. The number of imidazole rings is 1. The van der Waals surface area contributed by atoms with Crippen LogP contribution in [-0.2, 0) is 18.3 Å². The zero-order valence-electron chi connectivity index (χ0n) is 13.4. The lowest BCUT2D eigenvalue weighted by Crippen LogP contribution is -2.32. The summed E-state index contributed by atoms with van der Waals surface area (Å²) in [5.41, 5.74) is 1.16. The lowest BCUT2D eigenvalue weighted by atomic mass is 10.1. The van der Waals surface area contributed by atoms with Crippen LogP contribution in [0.3, 0.4) is 0 Å². The van der Waals surface area contributed by atoms with Crippen molar-refractivity contribution in [1.29, 1.82) is 0 Å². The van der Waals surface area contributed by atoms with Crippen LogP contribution in [0.5, 0.6) is 0 Å². The van der Waals surface area contributed by atoms with E-state index < -0.39 is 6.04 Å². The maximum absolute atomic E-state index is 13.6. The second-order valence-electron chi connectivity index (χ2n) is 5.56. The van der Waals surface area contributed by atoms with Crippen LogP contribution in [0, 0.1) is 12.7 Å². The van der Waals surface area contributed by atoms with Gasteiger partial charge in [-0.1, -0.05) is 17.3 Å². The normalized spacial score (nSPS) is 12.1. The van der Waals surface area contributed by atoms with Crippen LogP contribution in [0.2, 0.25) is 0 Å². The van der Waals surface area contributed by atoms with Crippen molar-refractivity contribution in [3.8, 4) is 0 Å². The van der Waals surface area contributed by atoms with Crippen LogP contribution in [0.25, 0.3) is 0 Å². The van der Waals surface area contributed by atoms with Gasteiger partial charge in [0, 0.05) is 25.5 Å². The summed E-state index contributed by atoms with van der Waals surface area (Å²) in [4.78, 5) is 16.7. The first-order valence-electron chi connectivity index (χ1n) is 7.47. The molecule has 2 heterocycles. The second kappa shape index (κ2) is 6.66. The van der Waals surface area contributed by atoms with Gasteiger partial charge in [-0.2, -0.15) is 0 Å². The standard InChI is InChI=1S/C17H17FN4O2/c1-11-8-14(21-24-11)10-15(23)20-16(17-19-6-7-22(17)2)12-4-3-5-13(18)9-12/h3-9,16H,10H2,1-2H3,(H,20,23). The highest BCUT2D eigenvalue weighted by Gasteiger charge is 2.21. The number of nitrogens with one attached hydrogen (secondary N) is 1. The second-order valence-corrected chi connectivity index (χ2v) is 5.56. The number of aryl methyl sites for hydroxylation is 2. The van der Waals surface area contributed by atoms with Crippen LogP contribution in [0.15, 0.2) is 47.2 Å². The number of nitrogens with zero attached hydrogens (tertiary/aromatic N) is 3. The predicted octanol–water partition coefficient (Wildman–Crippen LogP) is 2.30. The Hall–Kier alpha value is -2.96. The highest BCUT2D eigenvalue weighted by atomic mass is 19.1. The Kier molecular flexibility index (Phi) is 4.41. The molecule has 0 radical (unpaired) electrons. The molecule has 3 rings (SSSR count). The maximum Gasteiger partial charge on any atom is 0.227 e. The molecule has 1 amide bonds. The minimum Gasteiger partial charge on any atom is -0.361 e. The van der Waals surface area contributed by atoms with Gasteiger partial charge in [0.15, 0.2) is 0 Å². The van der Waals surface area contributed by atoms with Gasteiger partial charge in [-0.05, 0) is 24.6 Å². The van der Waals surface area contributed by atoms with Crippen molar-refractivity contribution in [2.24, 2.45) is 7.05 Å². The lowest BCUT2D eigenvalue weighted by Gasteiger charge is -2.19. The molecule has 7 heteroatoms. The van der Waals surface area contributed by atoms with Crippen molar-refractivity contribution in [3.05, 3.63) is 71.4 Å². The topological polar surface area (TPSA) is 73.0 Å². The van der Waals surface area contributed by atoms with E-state index in [9.17, 15) is 9.18 Å². The molecule has 0 bridgehead atoms. The Morgan fingerprint density at radius 1 is 1.42 bits per heavy atom. The Labute approximate surface area is 138 Å². The van der Waals surface area contributed by atoms with Gasteiger partial charge in [-0.15, -0.1) is 0 Å². The van der Waals surface area contributed by atoms with E-state index in [4.69, 9.17) is 4.52 Å². The monoisotopic (exact) mass is 328 g/mol. The summed E-state index contributed by atoms with van der Waals surface area (Å²) < 4.78 is 20.3. The molecule has 24 heavy (non-hydrogen) atoms. The molecule has 0 aliphatic heterocycles. The summed E-state index contributed by atoms with van der Waals surface area (Å²) in [5, 5.41) is 6.70. The summed E-state index contributed by atoms with van der Waals surface area (Å²) >= 11 is 0. The molecule has 0 saturated heterocycles. The number of rotatable bonds is 5. The Morgan fingerprint density at radius 3 is 2.88 bits per heavy atom. The first kappa shape index (κ1) is 15.9. The largest absolute Gasteiger partial charge is 0.361 e. The fraction of sp³-hybridized carbons (Fsp3) is 0.235. The molecule has 1 unspecified atom stereocenters. The average Bonchev–Trinajstić information content (AvgIpc) is 3.13. The summed E-state index contributed by atoms with van der Waals surface area (Å²) in [6.07, 6.45) is 3.48. The van der Waals surface area contributed by atoms with Crippen LogP contribution in [-0.4, -0.2) is 20.6 Å². The number of carbonyl (C=O) groups is 1. The quantitative estimate of drug-likeness (QED) is 0.780. The third kappa shape index (κ3) is 3.51. The molecule has 0 spiro atoms. The smallest absolute Gasteiger partial charge is 0.227 e. The van der Waals surface area contributed by atoms with Crippen molar-refractivity contribution in [2.75, 3.05) is 0 Å². The minimum atomic E-state index is -0.554. The molecule has 1 atom stereocenters.